The first kappa shape index (κ1) is 18.2. The number of halogens is 3. The Kier molecular flexibility index (Phi) is 5.41. The summed E-state index contributed by atoms with van der Waals surface area (Å²) in [5, 5.41) is 2.82. The number of anilines is 2. The van der Waals surface area contributed by atoms with Crippen LogP contribution in [0.4, 0.5) is 24.7 Å². The van der Waals surface area contributed by atoms with Crippen LogP contribution >= 0.6 is 0 Å². The van der Waals surface area contributed by atoms with E-state index < -0.39 is 11.7 Å². The van der Waals surface area contributed by atoms with Crippen molar-refractivity contribution in [2.75, 3.05) is 42.9 Å². The molecule has 5 nitrogen and oxygen atoms in total. The average Bonchev–Trinajstić information content (AvgIpc) is 2.62. The lowest BCUT2D eigenvalue weighted by atomic mass is 10.2. The van der Waals surface area contributed by atoms with Crippen LogP contribution in [0.1, 0.15) is 5.56 Å². The molecule has 2 aromatic rings. The molecule has 1 N–H and O–H groups in total. The van der Waals surface area contributed by atoms with Crippen molar-refractivity contribution in [2.24, 2.45) is 0 Å². The monoisotopic (exact) mass is 364 g/mol. The van der Waals surface area contributed by atoms with Crippen LogP contribution < -0.4 is 10.2 Å². The highest BCUT2D eigenvalue weighted by Gasteiger charge is 2.31. The predicted molar refractivity (Wildman–Crippen MR) is 93.0 cm³/mol. The summed E-state index contributed by atoms with van der Waals surface area (Å²) in [4.78, 5) is 19.9. The maximum absolute atomic E-state index is 12.8. The number of amides is 1. The number of para-hydroxylation sites is 1. The zero-order chi connectivity index (χ0) is 18.6. The number of rotatable bonds is 4. The molecule has 138 valence electrons. The number of benzene rings is 1. The molecule has 0 radical (unpaired) electrons. The van der Waals surface area contributed by atoms with Crippen LogP contribution in [-0.2, 0) is 11.0 Å². The van der Waals surface area contributed by atoms with Gasteiger partial charge in [-0.1, -0.05) is 18.2 Å². The molecule has 1 aromatic carbocycles. The molecule has 1 aromatic heterocycles. The minimum Gasteiger partial charge on any atom is -0.354 e. The van der Waals surface area contributed by atoms with Crippen LogP contribution in [0.5, 0.6) is 0 Å². The Labute approximate surface area is 149 Å². The van der Waals surface area contributed by atoms with E-state index >= 15 is 0 Å². The molecule has 26 heavy (non-hydrogen) atoms. The zero-order valence-electron chi connectivity index (χ0n) is 14.0. The van der Waals surface area contributed by atoms with Crippen molar-refractivity contribution in [1.29, 1.82) is 0 Å². The molecule has 0 aliphatic carbocycles. The number of carbonyl (C=O) groups is 1. The van der Waals surface area contributed by atoms with Gasteiger partial charge in [-0.3, -0.25) is 9.69 Å². The van der Waals surface area contributed by atoms with Gasteiger partial charge in [-0.05, 0) is 24.3 Å². The average molecular weight is 364 g/mol. The summed E-state index contributed by atoms with van der Waals surface area (Å²) in [5.74, 6) is 0.204. The van der Waals surface area contributed by atoms with Gasteiger partial charge in [0.1, 0.15) is 5.82 Å². The number of hydrogen-bond acceptors (Lipinski definition) is 4. The summed E-state index contributed by atoms with van der Waals surface area (Å²) in [6, 6.07) is 11.2. The van der Waals surface area contributed by atoms with E-state index in [0.29, 0.717) is 32.0 Å². The van der Waals surface area contributed by atoms with Crippen molar-refractivity contribution in [2.45, 2.75) is 6.18 Å². The Hall–Kier alpha value is -2.61. The van der Waals surface area contributed by atoms with Crippen LogP contribution in [0, 0.1) is 0 Å². The highest BCUT2D eigenvalue weighted by Crippen LogP contribution is 2.30. The number of alkyl halides is 3. The fraction of sp³-hybridized carbons (Fsp3) is 0.333. The van der Waals surface area contributed by atoms with E-state index in [4.69, 9.17) is 0 Å². The smallest absolute Gasteiger partial charge is 0.354 e. The number of carbonyl (C=O) groups excluding carboxylic acids is 1. The highest BCUT2D eigenvalue weighted by atomic mass is 19.4. The molecule has 0 spiro atoms. The van der Waals surface area contributed by atoms with Gasteiger partial charge >= 0.3 is 6.18 Å². The number of piperazine rings is 1. The second-order valence-electron chi connectivity index (χ2n) is 6.08. The Morgan fingerprint density at radius 2 is 1.77 bits per heavy atom. The molecule has 1 fully saturated rings. The first-order valence-corrected chi connectivity index (χ1v) is 8.27. The molecule has 0 atom stereocenters. The van der Waals surface area contributed by atoms with Gasteiger partial charge in [0.15, 0.2) is 0 Å². The Balaban J connectivity index is 1.52. The molecule has 1 aliphatic heterocycles. The standard InChI is InChI=1S/C18H19F3N4O/c19-18(20,21)14-6-7-22-16(12-14)25-10-8-24(9-11-25)13-17(26)23-15-4-2-1-3-5-15/h1-7,12H,8-11,13H2,(H,23,26). The van der Waals surface area contributed by atoms with E-state index in [2.05, 4.69) is 10.3 Å². The molecule has 0 saturated carbocycles. The second-order valence-corrected chi connectivity index (χ2v) is 6.08. The van der Waals surface area contributed by atoms with Crippen molar-refractivity contribution in [3.63, 3.8) is 0 Å². The largest absolute Gasteiger partial charge is 0.416 e. The SMILES string of the molecule is O=C(CN1CCN(c2cc(C(F)(F)F)ccn2)CC1)Nc1ccccc1. The third-order valence-electron chi connectivity index (χ3n) is 4.19. The highest BCUT2D eigenvalue weighted by molar-refractivity contribution is 5.92. The van der Waals surface area contributed by atoms with Crippen LogP contribution in [0.3, 0.4) is 0 Å². The molecule has 2 heterocycles. The normalized spacial score (nSPS) is 15.7. The van der Waals surface area contributed by atoms with E-state index in [9.17, 15) is 18.0 Å². The Morgan fingerprint density at radius 1 is 1.08 bits per heavy atom. The fourth-order valence-corrected chi connectivity index (χ4v) is 2.83. The Bertz CT molecular complexity index is 744. The fourth-order valence-electron chi connectivity index (χ4n) is 2.83. The van der Waals surface area contributed by atoms with Gasteiger partial charge in [0.05, 0.1) is 12.1 Å². The van der Waals surface area contributed by atoms with Gasteiger partial charge in [0.25, 0.3) is 0 Å². The third kappa shape index (κ3) is 4.72. The number of aromatic nitrogens is 1. The van der Waals surface area contributed by atoms with Crippen molar-refractivity contribution in [1.82, 2.24) is 9.88 Å². The summed E-state index contributed by atoms with van der Waals surface area (Å²) in [6.45, 7) is 2.46. The molecular weight excluding hydrogens is 345 g/mol. The van der Waals surface area contributed by atoms with E-state index in [1.54, 1.807) is 4.90 Å². The van der Waals surface area contributed by atoms with E-state index in [-0.39, 0.29) is 12.5 Å². The molecule has 1 aliphatic rings. The van der Waals surface area contributed by atoms with Crippen molar-refractivity contribution < 1.29 is 18.0 Å². The summed E-state index contributed by atoms with van der Waals surface area (Å²) in [6.07, 6.45) is -3.20. The molecule has 8 heteroatoms. The topological polar surface area (TPSA) is 48.5 Å². The van der Waals surface area contributed by atoms with E-state index in [1.165, 1.54) is 6.20 Å². The second kappa shape index (κ2) is 7.74. The molecule has 0 unspecified atom stereocenters. The van der Waals surface area contributed by atoms with Gasteiger partial charge in [-0.2, -0.15) is 13.2 Å². The summed E-state index contributed by atoms with van der Waals surface area (Å²) in [5.41, 5.74) is 0.0384. The quantitative estimate of drug-likeness (QED) is 0.906. The van der Waals surface area contributed by atoms with Gasteiger partial charge < -0.3 is 10.2 Å². The van der Waals surface area contributed by atoms with Crippen molar-refractivity contribution in [3.05, 3.63) is 54.2 Å². The van der Waals surface area contributed by atoms with Crippen LogP contribution in [-0.4, -0.2) is 48.5 Å². The Morgan fingerprint density at radius 3 is 2.42 bits per heavy atom. The maximum atomic E-state index is 12.8. The molecule has 0 bridgehead atoms. The van der Waals surface area contributed by atoms with Gasteiger partial charge in [-0.15, -0.1) is 0 Å². The molecule has 1 saturated heterocycles. The lowest BCUT2D eigenvalue weighted by molar-refractivity contribution is -0.137. The van der Waals surface area contributed by atoms with E-state index in [0.717, 1.165) is 17.8 Å². The van der Waals surface area contributed by atoms with Crippen molar-refractivity contribution >= 4 is 17.4 Å². The van der Waals surface area contributed by atoms with Crippen LogP contribution in [0.15, 0.2) is 48.7 Å². The van der Waals surface area contributed by atoms with Gasteiger partial charge in [0.2, 0.25) is 5.91 Å². The number of hydrogen-bond donors (Lipinski definition) is 1. The van der Waals surface area contributed by atoms with E-state index in [1.807, 2.05) is 35.2 Å². The van der Waals surface area contributed by atoms with Crippen LogP contribution in [0.25, 0.3) is 0 Å². The first-order chi connectivity index (χ1) is 12.4. The third-order valence-corrected chi connectivity index (χ3v) is 4.19. The minimum absolute atomic E-state index is 0.109. The van der Waals surface area contributed by atoms with Crippen LogP contribution in [0.2, 0.25) is 0 Å². The van der Waals surface area contributed by atoms with Gasteiger partial charge in [-0.25, -0.2) is 4.98 Å². The zero-order valence-corrected chi connectivity index (χ0v) is 14.0. The number of nitrogens with one attached hydrogen (secondary N) is 1. The minimum atomic E-state index is -4.38. The van der Waals surface area contributed by atoms with Crippen molar-refractivity contribution in [3.8, 4) is 0 Å². The summed E-state index contributed by atoms with van der Waals surface area (Å²) < 4.78 is 38.5. The molecule has 1 amide bonds. The lowest BCUT2D eigenvalue weighted by Crippen LogP contribution is -2.49. The summed E-state index contributed by atoms with van der Waals surface area (Å²) in [7, 11) is 0. The number of nitrogens with zero attached hydrogens (tertiary/aromatic N) is 3. The number of pyridine rings is 1. The van der Waals surface area contributed by atoms with Gasteiger partial charge in [0, 0.05) is 38.1 Å². The maximum Gasteiger partial charge on any atom is 0.416 e. The molecular formula is C18H19F3N4O. The lowest BCUT2D eigenvalue weighted by Gasteiger charge is -2.35. The first-order valence-electron chi connectivity index (χ1n) is 8.27. The molecule has 3 rings (SSSR count). The predicted octanol–water partition coefficient (Wildman–Crippen LogP) is 2.86. The summed E-state index contributed by atoms with van der Waals surface area (Å²) >= 11 is 0.